The number of aryl methyl sites for hydroxylation is 1. The lowest BCUT2D eigenvalue weighted by Gasteiger charge is -2.13. The number of aliphatic hydroxyl groups excluding tert-OH is 1. The van der Waals surface area contributed by atoms with Crippen molar-refractivity contribution in [3.8, 4) is 0 Å². The maximum atomic E-state index is 13.5. The summed E-state index contributed by atoms with van der Waals surface area (Å²) in [5.74, 6) is -1.54. The van der Waals surface area contributed by atoms with Gasteiger partial charge in [-0.3, -0.25) is 15.6 Å². The summed E-state index contributed by atoms with van der Waals surface area (Å²) in [7, 11) is 0. The topological polar surface area (TPSA) is 61.4 Å². The van der Waals surface area contributed by atoms with Crippen LogP contribution in [-0.4, -0.2) is 11.0 Å². The number of carbonyl (C=O) groups is 1. The van der Waals surface area contributed by atoms with Gasteiger partial charge >= 0.3 is 0 Å². The smallest absolute Gasteiger partial charge is 0.241 e. The van der Waals surface area contributed by atoms with Crippen LogP contribution in [0.15, 0.2) is 42.5 Å². The second-order valence-electron chi connectivity index (χ2n) is 4.93. The Labute approximate surface area is 126 Å². The molecule has 2 aromatic rings. The number of aliphatic hydroxyl groups is 1. The molecule has 0 radical (unpaired) electrons. The van der Waals surface area contributed by atoms with Crippen molar-refractivity contribution in [3.63, 3.8) is 0 Å². The summed E-state index contributed by atoms with van der Waals surface area (Å²) in [5, 5.41) is 9.88. The van der Waals surface area contributed by atoms with Gasteiger partial charge in [0, 0.05) is 0 Å². The maximum Gasteiger partial charge on any atom is 0.241 e. The number of nitrogens with one attached hydrogen (secondary N) is 2. The van der Waals surface area contributed by atoms with Crippen LogP contribution in [0.4, 0.5) is 14.5 Å². The number of anilines is 1. The predicted octanol–water partition coefficient (Wildman–Crippen LogP) is 2.84. The molecule has 0 aliphatic heterocycles. The monoisotopic (exact) mass is 306 g/mol. The van der Waals surface area contributed by atoms with Crippen LogP contribution in [0.25, 0.3) is 0 Å². The molecule has 116 valence electrons. The minimum atomic E-state index is -1.14. The lowest BCUT2D eigenvalue weighted by atomic mass is 10.1. The molecule has 1 amide bonds. The molecule has 0 aliphatic rings. The molecule has 0 fully saturated rings. The molecule has 0 saturated carbocycles. The van der Waals surface area contributed by atoms with Crippen molar-refractivity contribution < 1.29 is 18.7 Å². The van der Waals surface area contributed by atoms with E-state index in [1.165, 1.54) is 24.3 Å². The molecule has 2 aromatic carbocycles. The third-order valence-corrected chi connectivity index (χ3v) is 3.07. The van der Waals surface area contributed by atoms with E-state index in [0.29, 0.717) is 5.56 Å². The van der Waals surface area contributed by atoms with Gasteiger partial charge in [0.25, 0.3) is 0 Å². The molecular weight excluding hydrogens is 290 g/mol. The van der Waals surface area contributed by atoms with E-state index >= 15 is 0 Å². The lowest BCUT2D eigenvalue weighted by molar-refractivity contribution is -0.122. The fourth-order valence-electron chi connectivity index (χ4n) is 1.93. The van der Waals surface area contributed by atoms with Gasteiger partial charge in [0.1, 0.15) is 11.6 Å². The van der Waals surface area contributed by atoms with Gasteiger partial charge in [-0.2, -0.15) is 0 Å². The average molecular weight is 306 g/mol. The first kappa shape index (κ1) is 15.9. The summed E-state index contributed by atoms with van der Waals surface area (Å²) in [4.78, 5) is 11.7. The molecule has 6 heteroatoms. The van der Waals surface area contributed by atoms with Crippen molar-refractivity contribution in [3.05, 3.63) is 65.2 Å². The van der Waals surface area contributed by atoms with Crippen molar-refractivity contribution in [1.82, 2.24) is 5.43 Å². The minimum Gasteiger partial charge on any atom is -0.388 e. The van der Waals surface area contributed by atoms with E-state index in [1.54, 1.807) is 19.1 Å². The van der Waals surface area contributed by atoms with E-state index in [1.807, 2.05) is 0 Å². The Hall–Kier alpha value is -2.47. The molecule has 0 heterocycles. The first-order chi connectivity index (χ1) is 10.5. The Morgan fingerprint density at radius 1 is 1.23 bits per heavy atom. The third kappa shape index (κ3) is 4.26. The molecule has 0 bridgehead atoms. The quantitative estimate of drug-likeness (QED) is 0.744. The Balaban J connectivity index is 1.91. The zero-order valence-electron chi connectivity index (χ0n) is 11.9. The number of hydrogen-bond acceptors (Lipinski definition) is 3. The third-order valence-electron chi connectivity index (χ3n) is 3.07. The molecule has 2 rings (SSSR count). The van der Waals surface area contributed by atoms with E-state index in [-0.39, 0.29) is 12.1 Å². The highest BCUT2D eigenvalue weighted by molar-refractivity contribution is 5.78. The van der Waals surface area contributed by atoms with E-state index in [4.69, 9.17) is 0 Å². The van der Waals surface area contributed by atoms with E-state index < -0.39 is 23.6 Å². The summed E-state index contributed by atoms with van der Waals surface area (Å²) < 4.78 is 26.5. The lowest BCUT2D eigenvalue weighted by Crippen LogP contribution is -2.31. The summed E-state index contributed by atoms with van der Waals surface area (Å²) in [5.41, 5.74) is 6.03. The number of hydrogen-bond donors (Lipinski definition) is 3. The van der Waals surface area contributed by atoms with Crippen LogP contribution in [0, 0.1) is 18.6 Å². The van der Waals surface area contributed by atoms with E-state index in [2.05, 4.69) is 10.9 Å². The Morgan fingerprint density at radius 3 is 2.73 bits per heavy atom. The fraction of sp³-hybridized carbons (Fsp3) is 0.188. The zero-order chi connectivity index (χ0) is 16.1. The van der Waals surface area contributed by atoms with Crippen LogP contribution in [0.1, 0.15) is 23.7 Å². The van der Waals surface area contributed by atoms with Gasteiger partial charge in [-0.15, -0.1) is 0 Å². The van der Waals surface area contributed by atoms with Gasteiger partial charge < -0.3 is 5.11 Å². The number of benzene rings is 2. The Morgan fingerprint density at radius 2 is 2.00 bits per heavy atom. The van der Waals surface area contributed by atoms with Gasteiger partial charge in [-0.05, 0) is 42.3 Å². The van der Waals surface area contributed by atoms with Gasteiger partial charge in [0.15, 0.2) is 0 Å². The van der Waals surface area contributed by atoms with Crippen molar-refractivity contribution >= 4 is 11.6 Å². The predicted molar refractivity (Wildman–Crippen MR) is 78.9 cm³/mol. The molecule has 0 saturated heterocycles. The van der Waals surface area contributed by atoms with Gasteiger partial charge in [-0.1, -0.05) is 18.2 Å². The molecule has 0 spiro atoms. The summed E-state index contributed by atoms with van der Waals surface area (Å²) in [6, 6.07) is 9.81. The van der Waals surface area contributed by atoms with Crippen LogP contribution < -0.4 is 10.9 Å². The van der Waals surface area contributed by atoms with Crippen molar-refractivity contribution in [2.45, 2.75) is 19.4 Å². The van der Waals surface area contributed by atoms with Crippen LogP contribution in [0.3, 0.4) is 0 Å². The van der Waals surface area contributed by atoms with Gasteiger partial charge in [0.2, 0.25) is 5.91 Å². The summed E-state index contributed by atoms with van der Waals surface area (Å²) >= 11 is 0. The maximum absolute atomic E-state index is 13.5. The van der Waals surface area contributed by atoms with Gasteiger partial charge in [0.05, 0.1) is 18.2 Å². The molecule has 22 heavy (non-hydrogen) atoms. The number of carbonyl (C=O) groups excluding carboxylic acids is 1. The Kier molecular flexibility index (Phi) is 5.06. The first-order valence-corrected chi connectivity index (χ1v) is 6.70. The average Bonchev–Trinajstić information content (AvgIpc) is 2.48. The van der Waals surface area contributed by atoms with Crippen LogP contribution in [0.2, 0.25) is 0 Å². The molecule has 1 unspecified atom stereocenters. The number of amides is 1. The van der Waals surface area contributed by atoms with Crippen molar-refractivity contribution in [1.29, 1.82) is 0 Å². The second kappa shape index (κ2) is 7.00. The van der Waals surface area contributed by atoms with Crippen LogP contribution in [-0.2, 0) is 4.79 Å². The highest BCUT2D eigenvalue weighted by atomic mass is 19.1. The second-order valence-corrected chi connectivity index (χ2v) is 4.93. The van der Waals surface area contributed by atoms with Crippen LogP contribution in [0.5, 0.6) is 0 Å². The largest absolute Gasteiger partial charge is 0.388 e. The minimum absolute atomic E-state index is 0.133. The first-order valence-electron chi connectivity index (χ1n) is 6.70. The Bertz CT molecular complexity index is 677. The standard InChI is InChI=1S/C16H16F2N2O2/c1-10-5-6-13(18)14(7-10)19-20-16(22)9-15(21)11-3-2-4-12(17)8-11/h2-8,15,19,21H,9H2,1H3,(H,20,22). The number of hydrazine groups is 1. The SMILES string of the molecule is Cc1ccc(F)c(NNC(=O)CC(O)c2cccc(F)c2)c1. The fourth-order valence-corrected chi connectivity index (χ4v) is 1.93. The highest BCUT2D eigenvalue weighted by Gasteiger charge is 2.14. The summed E-state index contributed by atoms with van der Waals surface area (Å²) in [6.45, 7) is 1.79. The molecule has 0 aromatic heterocycles. The van der Waals surface area contributed by atoms with Crippen molar-refractivity contribution in [2.75, 3.05) is 5.43 Å². The molecule has 4 nitrogen and oxygen atoms in total. The number of rotatable bonds is 5. The molecule has 0 aliphatic carbocycles. The number of halogens is 2. The molecule has 3 N–H and O–H groups in total. The van der Waals surface area contributed by atoms with E-state index in [0.717, 1.165) is 11.6 Å². The van der Waals surface area contributed by atoms with Crippen LogP contribution >= 0.6 is 0 Å². The molecule has 1 atom stereocenters. The van der Waals surface area contributed by atoms with E-state index in [9.17, 15) is 18.7 Å². The highest BCUT2D eigenvalue weighted by Crippen LogP contribution is 2.18. The zero-order valence-corrected chi connectivity index (χ0v) is 11.9. The molecular formula is C16H16F2N2O2. The van der Waals surface area contributed by atoms with Crippen molar-refractivity contribution in [2.24, 2.45) is 0 Å². The van der Waals surface area contributed by atoms with Gasteiger partial charge in [-0.25, -0.2) is 8.78 Å². The normalized spacial score (nSPS) is 11.8. The summed E-state index contributed by atoms with van der Waals surface area (Å²) in [6.07, 6.45) is -1.41.